The monoisotopic (exact) mass is 375 g/mol. The van der Waals surface area contributed by atoms with Crippen LogP contribution in [0.3, 0.4) is 0 Å². The fourth-order valence-electron chi connectivity index (χ4n) is 1.73. The molecule has 7 heteroatoms. The Kier molecular flexibility index (Phi) is 6.34. The van der Waals surface area contributed by atoms with Crippen molar-refractivity contribution in [2.24, 2.45) is 0 Å². The van der Waals surface area contributed by atoms with Gasteiger partial charge in [-0.2, -0.15) is 0 Å². The van der Waals surface area contributed by atoms with Crippen LogP contribution in [0.2, 0.25) is 0 Å². The standard InChI is InChI=1S/C15H19BrFNO4/c1-9(22-12-5-4-10(17)8-11(12)16)14(21)18-15(2,3)7-6-13(19)20/h4-5,8-9H,6-7H2,1-3H3,(H,18,21)(H,19,20). The number of benzene rings is 1. The number of amides is 1. The molecule has 122 valence electrons. The molecule has 0 fully saturated rings. The molecule has 0 saturated carbocycles. The Morgan fingerprint density at radius 1 is 1.45 bits per heavy atom. The summed E-state index contributed by atoms with van der Waals surface area (Å²) in [5.74, 6) is -1.34. The Hall–Kier alpha value is -1.63. The number of halogens is 2. The van der Waals surface area contributed by atoms with Crippen molar-refractivity contribution >= 4 is 27.8 Å². The van der Waals surface area contributed by atoms with Crippen LogP contribution >= 0.6 is 15.9 Å². The van der Waals surface area contributed by atoms with Crippen LogP contribution in [-0.2, 0) is 9.59 Å². The summed E-state index contributed by atoms with van der Waals surface area (Å²) in [6.07, 6.45) is -0.529. The van der Waals surface area contributed by atoms with E-state index >= 15 is 0 Å². The van der Waals surface area contributed by atoms with Crippen molar-refractivity contribution in [3.05, 3.63) is 28.5 Å². The summed E-state index contributed by atoms with van der Waals surface area (Å²) in [6.45, 7) is 5.06. The number of hydrogen-bond donors (Lipinski definition) is 2. The first-order valence-electron chi connectivity index (χ1n) is 6.76. The maximum Gasteiger partial charge on any atom is 0.303 e. The fourth-order valence-corrected chi connectivity index (χ4v) is 2.18. The zero-order valence-corrected chi connectivity index (χ0v) is 14.2. The van der Waals surface area contributed by atoms with Crippen LogP contribution < -0.4 is 10.1 Å². The number of nitrogens with one attached hydrogen (secondary N) is 1. The van der Waals surface area contributed by atoms with E-state index in [1.165, 1.54) is 18.2 Å². The Bertz CT molecular complexity index is 562. The number of carboxylic acids is 1. The van der Waals surface area contributed by atoms with Crippen molar-refractivity contribution in [1.82, 2.24) is 5.32 Å². The quantitative estimate of drug-likeness (QED) is 0.767. The second-order valence-corrected chi connectivity index (χ2v) is 6.46. The van der Waals surface area contributed by atoms with E-state index in [1.54, 1.807) is 20.8 Å². The van der Waals surface area contributed by atoms with Gasteiger partial charge in [0.1, 0.15) is 11.6 Å². The number of carboxylic acid groups (broad SMARTS) is 1. The van der Waals surface area contributed by atoms with Gasteiger partial charge in [-0.25, -0.2) is 4.39 Å². The van der Waals surface area contributed by atoms with Gasteiger partial charge in [-0.05, 0) is 61.3 Å². The van der Waals surface area contributed by atoms with Crippen LogP contribution in [-0.4, -0.2) is 28.6 Å². The lowest BCUT2D eigenvalue weighted by atomic mass is 9.98. The smallest absolute Gasteiger partial charge is 0.303 e. The predicted molar refractivity (Wildman–Crippen MR) is 83.3 cm³/mol. The van der Waals surface area contributed by atoms with E-state index in [1.807, 2.05) is 0 Å². The van der Waals surface area contributed by atoms with Gasteiger partial charge in [-0.3, -0.25) is 9.59 Å². The minimum Gasteiger partial charge on any atom is -0.481 e. The van der Waals surface area contributed by atoms with Crippen LogP contribution in [0.4, 0.5) is 4.39 Å². The molecule has 2 N–H and O–H groups in total. The molecule has 0 aliphatic rings. The fraction of sp³-hybridized carbons (Fsp3) is 0.467. The summed E-state index contributed by atoms with van der Waals surface area (Å²) in [6, 6.07) is 3.91. The molecular formula is C15H19BrFNO4. The molecule has 0 heterocycles. The van der Waals surface area contributed by atoms with Gasteiger partial charge < -0.3 is 15.2 Å². The number of carbonyl (C=O) groups is 2. The highest BCUT2D eigenvalue weighted by Gasteiger charge is 2.25. The molecule has 22 heavy (non-hydrogen) atoms. The van der Waals surface area contributed by atoms with Gasteiger partial charge in [0, 0.05) is 12.0 Å². The van der Waals surface area contributed by atoms with Gasteiger partial charge in [0.25, 0.3) is 5.91 Å². The summed E-state index contributed by atoms with van der Waals surface area (Å²) < 4.78 is 18.9. The van der Waals surface area contributed by atoms with Gasteiger partial charge in [-0.15, -0.1) is 0 Å². The maximum absolute atomic E-state index is 13.0. The van der Waals surface area contributed by atoms with E-state index in [-0.39, 0.29) is 12.3 Å². The number of rotatable bonds is 7. The zero-order valence-electron chi connectivity index (χ0n) is 12.7. The lowest BCUT2D eigenvalue weighted by molar-refractivity contribution is -0.138. The van der Waals surface area contributed by atoms with Gasteiger partial charge in [0.2, 0.25) is 0 Å². The lowest BCUT2D eigenvalue weighted by Gasteiger charge is -2.27. The molecule has 0 aliphatic carbocycles. The Labute approximate surface area is 137 Å². The topological polar surface area (TPSA) is 75.6 Å². The normalized spacial score (nSPS) is 12.6. The Balaban J connectivity index is 2.63. The second-order valence-electron chi connectivity index (χ2n) is 5.60. The van der Waals surface area contributed by atoms with E-state index in [9.17, 15) is 14.0 Å². The van der Waals surface area contributed by atoms with E-state index in [4.69, 9.17) is 9.84 Å². The summed E-state index contributed by atoms with van der Waals surface area (Å²) in [5.41, 5.74) is -0.660. The molecular weight excluding hydrogens is 357 g/mol. The van der Waals surface area contributed by atoms with Crippen LogP contribution in [0.25, 0.3) is 0 Å². The van der Waals surface area contributed by atoms with Crippen molar-refractivity contribution in [3.63, 3.8) is 0 Å². The van der Waals surface area contributed by atoms with Crippen LogP contribution in [0.5, 0.6) is 5.75 Å². The van der Waals surface area contributed by atoms with Gasteiger partial charge in [0.05, 0.1) is 4.47 Å². The first-order chi connectivity index (χ1) is 10.1. The molecule has 5 nitrogen and oxygen atoms in total. The number of aliphatic carboxylic acids is 1. The molecule has 0 aliphatic heterocycles. The average Bonchev–Trinajstić information content (AvgIpc) is 2.39. The maximum atomic E-state index is 13.0. The first-order valence-corrected chi connectivity index (χ1v) is 7.55. The molecule has 0 spiro atoms. The van der Waals surface area contributed by atoms with Crippen molar-refractivity contribution in [3.8, 4) is 5.75 Å². The summed E-state index contributed by atoms with van der Waals surface area (Å²) >= 11 is 3.16. The summed E-state index contributed by atoms with van der Waals surface area (Å²) in [7, 11) is 0. The highest BCUT2D eigenvalue weighted by molar-refractivity contribution is 9.10. The van der Waals surface area contributed by atoms with Crippen LogP contribution in [0, 0.1) is 5.82 Å². The van der Waals surface area contributed by atoms with E-state index in [0.29, 0.717) is 16.6 Å². The van der Waals surface area contributed by atoms with Crippen molar-refractivity contribution in [1.29, 1.82) is 0 Å². The van der Waals surface area contributed by atoms with Crippen molar-refractivity contribution < 1.29 is 23.8 Å². The van der Waals surface area contributed by atoms with Crippen LogP contribution in [0.15, 0.2) is 22.7 Å². The summed E-state index contributed by atoms with van der Waals surface area (Å²) in [5, 5.41) is 11.4. The SMILES string of the molecule is CC(Oc1ccc(F)cc1Br)C(=O)NC(C)(C)CCC(=O)O. The third-order valence-electron chi connectivity index (χ3n) is 2.99. The van der Waals surface area contributed by atoms with Crippen LogP contribution in [0.1, 0.15) is 33.6 Å². The van der Waals surface area contributed by atoms with E-state index in [0.717, 1.165) is 0 Å². The molecule has 1 atom stereocenters. The Morgan fingerprint density at radius 2 is 2.09 bits per heavy atom. The minimum atomic E-state index is -0.915. The molecule has 0 bridgehead atoms. The third-order valence-corrected chi connectivity index (χ3v) is 3.61. The average molecular weight is 376 g/mol. The molecule has 1 aromatic rings. The highest BCUT2D eigenvalue weighted by Crippen LogP contribution is 2.26. The lowest BCUT2D eigenvalue weighted by Crippen LogP contribution is -2.48. The van der Waals surface area contributed by atoms with Gasteiger partial charge in [0.15, 0.2) is 6.10 Å². The van der Waals surface area contributed by atoms with Crippen molar-refractivity contribution in [2.45, 2.75) is 45.3 Å². The van der Waals surface area contributed by atoms with E-state index < -0.39 is 23.4 Å². The second kappa shape index (κ2) is 7.58. The highest BCUT2D eigenvalue weighted by atomic mass is 79.9. The first kappa shape index (κ1) is 18.4. The third kappa shape index (κ3) is 6.01. The number of hydrogen-bond acceptors (Lipinski definition) is 3. The number of ether oxygens (including phenoxy) is 1. The molecule has 1 amide bonds. The molecule has 1 rings (SSSR count). The predicted octanol–water partition coefficient (Wildman–Crippen LogP) is 3.12. The van der Waals surface area contributed by atoms with Gasteiger partial charge >= 0.3 is 5.97 Å². The van der Waals surface area contributed by atoms with Gasteiger partial charge in [-0.1, -0.05) is 0 Å². The summed E-state index contributed by atoms with van der Waals surface area (Å²) in [4.78, 5) is 22.7. The zero-order chi connectivity index (χ0) is 16.9. The molecule has 0 saturated heterocycles. The molecule has 1 unspecified atom stereocenters. The van der Waals surface area contributed by atoms with E-state index in [2.05, 4.69) is 21.2 Å². The number of carbonyl (C=O) groups excluding carboxylic acids is 1. The molecule has 0 radical (unpaired) electrons. The largest absolute Gasteiger partial charge is 0.481 e. The Morgan fingerprint density at radius 3 is 2.64 bits per heavy atom. The molecule has 1 aromatic carbocycles. The molecule has 0 aromatic heterocycles. The minimum absolute atomic E-state index is 0.0357. The van der Waals surface area contributed by atoms with Crippen molar-refractivity contribution in [2.75, 3.05) is 0 Å².